The zero-order chi connectivity index (χ0) is 14.2. The Balaban J connectivity index is 1.85. The molecule has 0 radical (unpaired) electrons. The Hall–Kier alpha value is -0.760. The van der Waals surface area contributed by atoms with Crippen molar-refractivity contribution in [2.24, 2.45) is 0 Å². The van der Waals surface area contributed by atoms with E-state index in [1.807, 2.05) is 11.4 Å². The summed E-state index contributed by atoms with van der Waals surface area (Å²) in [5.41, 5.74) is 0.758. The van der Waals surface area contributed by atoms with Crippen molar-refractivity contribution in [1.82, 2.24) is 20.4 Å². The van der Waals surface area contributed by atoms with Crippen molar-refractivity contribution < 1.29 is 4.52 Å². The molecule has 0 atom stereocenters. The second-order valence-corrected chi connectivity index (χ2v) is 7.65. The third-order valence-electron chi connectivity index (χ3n) is 3.70. The maximum atomic E-state index is 5.42. The van der Waals surface area contributed by atoms with Crippen LogP contribution in [0.4, 0.5) is 0 Å². The van der Waals surface area contributed by atoms with E-state index in [0.29, 0.717) is 5.89 Å². The van der Waals surface area contributed by atoms with Crippen molar-refractivity contribution in [1.29, 1.82) is 0 Å². The summed E-state index contributed by atoms with van der Waals surface area (Å²) in [5.74, 6) is 1.34. The zero-order valence-electron chi connectivity index (χ0n) is 11.5. The molecule has 20 heavy (non-hydrogen) atoms. The molecule has 7 heteroatoms. The van der Waals surface area contributed by atoms with E-state index in [0.717, 1.165) is 41.4 Å². The molecule has 1 aliphatic rings. The summed E-state index contributed by atoms with van der Waals surface area (Å²) in [6.45, 7) is 8.31. The lowest BCUT2D eigenvalue weighted by Gasteiger charge is -2.38. The molecule has 3 heterocycles. The lowest BCUT2D eigenvalue weighted by molar-refractivity contribution is 0.0925. The Labute approximate surface area is 130 Å². The topological polar surface area (TPSA) is 54.2 Å². The molecule has 3 rings (SSSR count). The molecular formula is C13H17BrN4OS. The minimum atomic E-state index is -0.211. The Morgan fingerprint density at radius 1 is 1.40 bits per heavy atom. The summed E-state index contributed by atoms with van der Waals surface area (Å²) in [7, 11) is 0. The Morgan fingerprint density at radius 3 is 2.80 bits per heavy atom. The summed E-state index contributed by atoms with van der Waals surface area (Å²) in [4.78, 5) is 6.98. The fraction of sp³-hybridized carbons (Fsp3) is 0.538. The Bertz CT molecular complexity index is 589. The number of rotatable bonds is 3. The van der Waals surface area contributed by atoms with Gasteiger partial charge in [-0.15, -0.1) is 11.3 Å². The molecule has 0 aliphatic carbocycles. The van der Waals surface area contributed by atoms with Crippen molar-refractivity contribution in [3.63, 3.8) is 0 Å². The van der Waals surface area contributed by atoms with Crippen LogP contribution in [0.2, 0.25) is 0 Å². The van der Waals surface area contributed by atoms with E-state index in [1.165, 1.54) is 0 Å². The number of aromatic nitrogens is 2. The molecule has 2 aromatic rings. The summed E-state index contributed by atoms with van der Waals surface area (Å²) < 4.78 is 6.49. The monoisotopic (exact) mass is 356 g/mol. The number of hydrogen-bond donors (Lipinski definition) is 1. The number of piperazine rings is 1. The highest BCUT2D eigenvalue weighted by Gasteiger charge is 2.34. The maximum Gasteiger partial charge on any atom is 0.258 e. The second-order valence-electron chi connectivity index (χ2n) is 5.36. The first-order chi connectivity index (χ1) is 9.57. The lowest BCUT2D eigenvalue weighted by atomic mass is 10.0. The Kier molecular flexibility index (Phi) is 3.94. The average Bonchev–Trinajstić information content (AvgIpc) is 3.08. The van der Waals surface area contributed by atoms with Gasteiger partial charge in [-0.3, -0.25) is 4.90 Å². The van der Waals surface area contributed by atoms with E-state index in [4.69, 9.17) is 4.52 Å². The predicted octanol–water partition coefficient (Wildman–Crippen LogP) is 2.70. The summed E-state index contributed by atoms with van der Waals surface area (Å²) in [5, 5.41) is 9.57. The van der Waals surface area contributed by atoms with Crippen LogP contribution in [0, 0.1) is 0 Å². The molecule has 0 amide bonds. The lowest BCUT2D eigenvalue weighted by Crippen LogP contribution is -2.52. The minimum Gasteiger partial charge on any atom is -0.334 e. The number of halogens is 1. The van der Waals surface area contributed by atoms with Gasteiger partial charge in [0.15, 0.2) is 5.82 Å². The molecule has 0 bridgehead atoms. The molecule has 5 nitrogen and oxygen atoms in total. The van der Waals surface area contributed by atoms with Gasteiger partial charge in [-0.2, -0.15) is 4.98 Å². The molecule has 1 saturated heterocycles. The number of thiophene rings is 1. The van der Waals surface area contributed by atoms with E-state index in [1.54, 1.807) is 11.3 Å². The first kappa shape index (κ1) is 14.2. The molecule has 0 spiro atoms. The van der Waals surface area contributed by atoms with Crippen molar-refractivity contribution in [3.05, 3.63) is 21.1 Å². The third-order valence-corrected chi connectivity index (χ3v) is 5.20. The summed E-state index contributed by atoms with van der Waals surface area (Å²) >= 11 is 5.07. The minimum absolute atomic E-state index is 0.211. The fourth-order valence-corrected chi connectivity index (χ4v) is 3.51. The summed E-state index contributed by atoms with van der Waals surface area (Å²) in [6, 6.07) is 2.00. The van der Waals surface area contributed by atoms with Gasteiger partial charge < -0.3 is 9.84 Å². The molecule has 1 aliphatic heterocycles. The van der Waals surface area contributed by atoms with Crippen LogP contribution in [-0.4, -0.2) is 41.2 Å². The standard InChI is InChI=1S/C13H17BrN4OS/c1-13(2,18-5-3-15-4-6-18)12-16-11(19-17-12)9-7-10(14)20-8-9/h7-8,15H,3-6H2,1-2H3. The molecule has 0 unspecified atom stereocenters. The molecule has 0 saturated carbocycles. The van der Waals surface area contributed by atoms with Crippen LogP contribution < -0.4 is 5.32 Å². The van der Waals surface area contributed by atoms with Crippen LogP contribution in [0.3, 0.4) is 0 Å². The number of nitrogens with one attached hydrogen (secondary N) is 1. The van der Waals surface area contributed by atoms with Gasteiger partial charge in [0.05, 0.1) is 14.9 Å². The molecule has 108 valence electrons. The molecule has 0 aromatic carbocycles. The van der Waals surface area contributed by atoms with Crippen molar-refractivity contribution >= 4 is 27.3 Å². The van der Waals surface area contributed by atoms with Crippen molar-refractivity contribution in [2.45, 2.75) is 19.4 Å². The number of hydrogen-bond acceptors (Lipinski definition) is 6. The van der Waals surface area contributed by atoms with E-state index in [-0.39, 0.29) is 5.54 Å². The quantitative estimate of drug-likeness (QED) is 0.916. The SMILES string of the molecule is CC(C)(c1noc(-c2csc(Br)c2)n1)N1CCNCC1. The van der Waals surface area contributed by atoms with Crippen LogP contribution in [0.25, 0.3) is 11.5 Å². The van der Waals surface area contributed by atoms with Gasteiger partial charge in [0.1, 0.15) is 0 Å². The average molecular weight is 357 g/mol. The van der Waals surface area contributed by atoms with Gasteiger partial charge >= 0.3 is 0 Å². The summed E-state index contributed by atoms with van der Waals surface area (Å²) in [6.07, 6.45) is 0. The zero-order valence-corrected chi connectivity index (χ0v) is 13.9. The highest BCUT2D eigenvalue weighted by molar-refractivity contribution is 9.11. The normalized spacial score (nSPS) is 17.6. The fourth-order valence-electron chi connectivity index (χ4n) is 2.38. The van der Waals surface area contributed by atoms with Gasteiger partial charge in [-0.1, -0.05) is 5.16 Å². The first-order valence-corrected chi connectivity index (χ1v) is 8.29. The van der Waals surface area contributed by atoms with Gasteiger partial charge in [0.25, 0.3) is 5.89 Å². The first-order valence-electron chi connectivity index (χ1n) is 6.62. The Morgan fingerprint density at radius 2 is 2.15 bits per heavy atom. The highest BCUT2D eigenvalue weighted by Crippen LogP contribution is 2.31. The smallest absolute Gasteiger partial charge is 0.258 e. The molecule has 2 aromatic heterocycles. The van der Waals surface area contributed by atoms with Crippen molar-refractivity contribution in [3.8, 4) is 11.5 Å². The van der Waals surface area contributed by atoms with E-state index in [2.05, 4.69) is 50.1 Å². The van der Waals surface area contributed by atoms with Crippen LogP contribution in [0.15, 0.2) is 19.8 Å². The largest absolute Gasteiger partial charge is 0.334 e. The van der Waals surface area contributed by atoms with Crippen LogP contribution >= 0.6 is 27.3 Å². The van der Waals surface area contributed by atoms with Crippen LogP contribution in [-0.2, 0) is 5.54 Å². The molecule has 1 fully saturated rings. The van der Waals surface area contributed by atoms with E-state index >= 15 is 0 Å². The van der Waals surface area contributed by atoms with E-state index in [9.17, 15) is 0 Å². The molecular weight excluding hydrogens is 340 g/mol. The van der Waals surface area contributed by atoms with Gasteiger partial charge in [-0.05, 0) is 35.8 Å². The van der Waals surface area contributed by atoms with Gasteiger partial charge in [-0.25, -0.2) is 0 Å². The molecule has 1 N–H and O–H groups in total. The van der Waals surface area contributed by atoms with E-state index < -0.39 is 0 Å². The maximum absolute atomic E-state index is 5.42. The van der Waals surface area contributed by atoms with Crippen LogP contribution in [0.1, 0.15) is 19.7 Å². The van der Waals surface area contributed by atoms with Crippen molar-refractivity contribution in [2.75, 3.05) is 26.2 Å². The van der Waals surface area contributed by atoms with Gasteiger partial charge in [0.2, 0.25) is 0 Å². The van der Waals surface area contributed by atoms with Crippen LogP contribution in [0.5, 0.6) is 0 Å². The number of nitrogens with zero attached hydrogens (tertiary/aromatic N) is 3. The predicted molar refractivity (Wildman–Crippen MR) is 82.8 cm³/mol. The van der Waals surface area contributed by atoms with Gasteiger partial charge in [0, 0.05) is 31.6 Å². The highest BCUT2D eigenvalue weighted by atomic mass is 79.9. The third kappa shape index (κ3) is 2.67. The second kappa shape index (κ2) is 5.55.